The van der Waals surface area contributed by atoms with Gasteiger partial charge in [-0.3, -0.25) is 4.90 Å². The number of rotatable bonds is 2. The zero-order valence-corrected chi connectivity index (χ0v) is 12.2. The molecule has 1 aromatic rings. The first-order valence-corrected chi connectivity index (χ1v) is 8.73. The van der Waals surface area contributed by atoms with Crippen molar-refractivity contribution in [2.24, 2.45) is 0 Å². The van der Waals surface area contributed by atoms with Crippen LogP contribution < -0.4 is 5.32 Å². The van der Waals surface area contributed by atoms with Crippen LogP contribution in [-0.4, -0.2) is 35.8 Å². The van der Waals surface area contributed by atoms with Gasteiger partial charge in [0.2, 0.25) is 0 Å². The Balaban J connectivity index is 1.52. The van der Waals surface area contributed by atoms with Gasteiger partial charge >= 0.3 is 0 Å². The van der Waals surface area contributed by atoms with Crippen LogP contribution in [0.2, 0.25) is 0 Å². The molecule has 19 heavy (non-hydrogen) atoms. The summed E-state index contributed by atoms with van der Waals surface area (Å²) in [5.41, 5.74) is 3.09. The molecule has 3 aliphatic heterocycles. The third kappa shape index (κ3) is 2.22. The quantitative estimate of drug-likeness (QED) is 0.893. The number of hydrogen-bond donors (Lipinski definition) is 1. The first kappa shape index (κ1) is 12.2. The number of thioether (sulfide) groups is 1. The van der Waals surface area contributed by atoms with Gasteiger partial charge in [-0.15, -0.1) is 0 Å². The van der Waals surface area contributed by atoms with E-state index in [9.17, 15) is 0 Å². The molecule has 0 aromatic heterocycles. The van der Waals surface area contributed by atoms with Gasteiger partial charge in [-0.1, -0.05) is 24.3 Å². The van der Waals surface area contributed by atoms with E-state index >= 15 is 0 Å². The van der Waals surface area contributed by atoms with Crippen molar-refractivity contribution in [2.75, 3.05) is 18.8 Å². The molecule has 0 radical (unpaired) electrons. The maximum atomic E-state index is 3.98. The topological polar surface area (TPSA) is 15.3 Å². The van der Waals surface area contributed by atoms with Crippen molar-refractivity contribution in [3.63, 3.8) is 0 Å². The Kier molecular flexibility index (Phi) is 3.30. The monoisotopic (exact) mass is 274 g/mol. The molecule has 102 valence electrons. The predicted molar refractivity (Wildman–Crippen MR) is 81.5 cm³/mol. The van der Waals surface area contributed by atoms with E-state index in [2.05, 4.69) is 46.2 Å². The van der Waals surface area contributed by atoms with E-state index in [-0.39, 0.29) is 0 Å². The summed E-state index contributed by atoms with van der Waals surface area (Å²) in [6.45, 7) is 2.64. The second-order valence-corrected chi connectivity index (χ2v) is 7.10. The van der Waals surface area contributed by atoms with Crippen molar-refractivity contribution in [1.82, 2.24) is 10.2 Å². The molecule has 4 rings (SSSR count). The van der Waals surface area contributed by atoms with Gasteiger partial charge in [-0.25, -0.2) is 0 Å². The minimum absolute atomic E-state index is 0.570. The number of fused-ring (bicyclic) bond motifs is 2. The van der Waals surface area contributed by atoms with E-state index in [0.717, 1.165) is 12.1 Å². The smallest absolute Gasteiger partial charge is 0.0417 e. The number of benzene rings is 1. The fraction of sp³-hybridized carbons (Fsp3) is 0.625. The van der Waals surface area contributed by atoms with Gasteiger partial charge in [0.15, 0.2) is 0 Å². The van der Waals surface area contributed by atoms with Crippen LogP contribution in [0.15, 0.2) is 24.3 Å². The highest BCUT2D eigenvalue weighted by Gasteiger charge is 2.38. The molecule has 2 fully saturated rings. The lowest BCUT2D eigenvalue weighted by atomic mass is 9.99. The van der Waals surface area contributed by atoms with E-state index in [1.54, 1.807) is 5.56 Å². The summed E-state index contributed by atoms with van der Waals surface area (Å²) >= 11 is 2.08. The molecule has 0 saturated carbocycles. The summed E-state index contributed by atoms with van der Waals surface area (Å²) in [6, 6.07) is 11.1. The minimum atomic E-state index is 0.570. The van der Waals surface area contributed by atoms with Crippen molar-refractivity contribution in [3.8, 4) is 0 Å². The third-order valence-corrected chi connectivity index (χ3v) is 6.08. The van der Waals surface area contributed by atoms with E-state index in [0.29, 0.717) is 6.04 Å². The van der Waals surface area contributed by atoms with E-state index in [4.69, 9.17) is 0 Å². The van der Waals surface area contributed by atoms with Crippen LogP contribution in [0.5, 0.6) is 0 Å². The average molecular weight is 274 g/mol. The van der Waals surface area contributed by atoms with Gasteiger partial charge in [0.25, 0.3) is 0 Å². The molecule has 3 heteroatoms. The van der Waals surface area contributed by atoms with Crippen molar-refractivity contribution in [3.05, 3.63) is 35.4 Å². The summed E-state index contributed by atoms with van der Waals surface area (Å²) < 4.78 is 0. The zero-order valence-electron chi connectivity index (χ0n) is 11.3. The van der Waals surface area contributed by atoms with Crippen LogP contribution >= 0.6 is 11.8 Å². The fourth-order valence-electron chi connectivity index (χ4n) is 4.06. The summed E-state index contributed by atoms with van der Waals surface area (Å²) in [6.07, 6.45) is 4.14. The van der Waals surface area contributed by atoms with Gasteiger partial charge in [0.05, 0.1) is 0 Å². The molecular weight excluding hydrogens is 252 g/mol. The van der Waals surface area contributed by atoms with Gasteiger partial charge in [0.1, 0.15) is 0 Å². The lowest BCUT2D eigenvalue weighted by Crippen LogP contribution is -2.42. The fourth-order valence-corrected chi connectivity index (χ4v) is 5.17. The first-order chi connectivity index (χ1) is 9.42. The van der Waals surface area contributed by atoms with Crippen LogP contribution in [0.25, 0.3) is 0 Å². The molecule has 1 N–H and O–H groups in total. The normalized spacial score (nSPS) is 34.2. The molecule has 2 saturated heterocycles. The van der Waals surface area contributed by atoms with Gasteiger partial charge in [0, 0.05) is 36.2 Å². The molecule has 3 atom stereocenters. The Morgan fingerprint density at radius 2 is 2.11 bits per heavy atom. The van der Waals surface area contributed by atoms with Crippen LogP contribution in [0, 0.1) is 0 Å². The third-order valence-electron chi connectivity index (χ3n) is 4.99. The lowest BCUT2D eigenvalue weighted by Gasteiger charge is -2.31. The second kappa shape index (κ2) is 5.12. The SMILES string of the molecule is c1ccc2c(c1)CSCC2NC1CCN2CCCC12. The van der Waals surface area contributed by atoms with Crippen molar-refractivity contribution in [2.45, 2.75) is 43.1 Å². The molecule has 2 nitrogen and oxygen atoms in total. The minimum Gasteiger partial charge on any atom is -0.305 e. The predicted octanol–water partition coefficient (Wildman–Crippen LogP) is 2.80. The maximum Gasteiger partial charge on any atom is 0.0417 e. The van der Waals surface area contributed by atoms with E-state index in [1.165, 1.54) is 49.4 Å². The Labute approximate surface area is 119 Å². The molecule has 0 bridgehead atoms. The molecule has 3 aliphatic rings. The lowest BCUT2D eigenvalue weighted by molar-refractivity contribution is 0.291. The van der Waals surface area contributed by atoms with Gasteiger partial charge in [-0.05, 0) is 36.9 Å². The van der Waals surface area contributed by atoms with Crippen LogP contribution in [0.3, 0.4) is 0 Å². The highest BCUT2D eigenvalue weighted by atomic mass is 32.2. The number of nitrogens with zero attached hydrogens (tertiary/aromatic N) is 1. The summed E-state index contributed by atoms with van der Waals surface area (Å²) in [7, 11) is 0. The summed E-state index contributed by atoms with van der Waals surface area (Å²) in [5, 5.41) is 3.98. The molecule has 3 unspecified atom stereocenters. The molecule has 0 amide bonds. The standard InChI is InChI=1S/C16H22N2S/c1-2-5-13-12(4-1)10-19-11-15(13)17-14-7-9-18-8-3-6-16(14)18/h1-2,4-5,14-17H,3,6-11H2. The Hall–Kier alpha value is -0.510. The molecule has 0 spiro atoms. The molecule has 1 aromatic carbocycles. The maximum absolute atomic E-state index is 3.98. The van der Waals surface area contributed by atoms with Crippen LogP contribution in [0.4, 0.5) is 0 Å². The Morgan fingerprint density at radius 3 is 3.11 bits per heavy atom. The Morgan fingerprint density at radius 1 is 1.16 bits per heavy atom. The molecule has 0 aliphatic carbocycles. The molecular formula is C16H22N2S. The van der Waals surface area contributed by atoms with Crippen molar-refractivity contribution >= 4 is 11.8 Å². The van der Waals surface area contributed by atoms with E-state index < -0.39 is 0 Å². The highest BCUT2D eigenvalue weighted by molar-refractivity contribution is 7.98. The van der Waals surface area contributed by atoms with E-state index in [1.807, 2.05) is 0 Å². The van der Waals surface area contributed by atoms with Gasteiger partial charge in [-0.2, -0.15) is 11.8 Å². The van der Waals surface area contributed by atoms with Crippen molar-refractivity contribution in [1.29, 1.82) is 0 Å². The average Bonchev–Trinajstić information content (AvgIpc) is 3.04. The summed E-state index contributed by atoms with van der Waals surface area (Å²) in [4.78, 5) is 2.69. The van der Waals surface area contributed by atoms with Gasteiger partial charge < -0.3 is 5.32 Å². The number of hydrogen-bond acceptors (Lipinski definition) is 3. The first-order valence-electron chi connectivity index (χ1n) is 7.57. The number of nitrogens with one attached hydrogen (secondary N) is 1. The zero-order chi connectivity index (χ0) is 12.7. The second-order valence-electron chi connectivity index (χ2n) is 6.07. The largest absolute Gasteiger partial charge is 0.305 e. The summed E-state index contributed by atoms with van der Waals surface area (Å²) in [5.74, 6) is 2.43. The Bertz CT molecular complexity index is 462. The van der Waals surface area contributed by atoms with Crippen molar-refractivity contribution < 1.29 is 0 Å². The molecule has 3 heterocycles. The highest BCUT2D eigenvalue weighted by Crippen LogP contribution is 2.34. The van der Waals surface area contributed by atoms with Crippen LogP contribution in [-0.2, 0) is 5.75 Å². The van der Waals surface area contributed by atoms with Crippen LogP contribution in [0.1, 0.15) is 36.4 Å².